The first-order chi connectivity index (χ1) is 7.25. The molecule has 1 nitrogen and oxygen atoms in total. The highest BCUT2D eigenvalue weighted by Crippen LogP contribution is 2.25. The molecule has 0 bridgehead atoms. The predicted octanol–water partition coefficient (Wildman–Crippen LogP) is 4.18. The molecule has 1 aliphatic carbocycles. The molecule has 1 saturated carbocycles. The van der Waals surface area contributed by atoms with E-state index >= 15 is 0 Å². The quantitative estimate of drug-likeness (QED) is 0.880. The van der Waals surface area contributed by atoms with Crippen molar-refractivity contribution in [3.05, 3.63) is 20.8 Å². The minimum atomic E-state index is 0.736. The van der Waals surface area contributed by atoms with Crippen molar-refractivity contribution in [3.8, 4) is 0 Å². The zero-order valence-electron chi connectivity index (χ0n) is 9.13. The smallest absolute Gasteiger partial charge is 0.0302 e. The van der Waals surface area contributed by atoms with E-state index in [2.05, 4.69) is 39.6 Å². The van der Waals surface area contributed by atoms with E-state index in [1.807, 2.05) is 11.3 Å². The van der Waals surface area contributed by atoms with Gasteiger partial charge < -0.3 is 5.32 Å². The maximum absolute atomic E-state index is 3.69. The van der Waals surface area contributed by atoms with Gasteiger partial charge >= 0.3 is 0 Å². The molecule has 0 aliphatic heterocycles. The first kappa shape index (κ1) is 11.6. The van der Waals surface area contributed by atoms with Crippen LogP contribution in [0.5, 0.6) is 0 Å². The molecule has 15 heavy (non-hydrogen) atoms. The Morgan fingerprint density at radius 3 is 2.93 bits per heavy atom. The monoisotopic (exact) mass is 287 g/mol. The van der Waals surface area contributed by atoms with Gasteiger partial charge in [-0.15, -0.1) is 11.3 Å². The van der Waals surface area contributed by atoms with Gasteiger partial charge in [-0.3, -0.25) is 0 Å². The molecule has 1 heterocycles. The Labute approximate surface area is 104 Å². The summed E-state index contributed by atoms with van der Waals surface area (Å²) in [7, 11) is 0. The molecule has 0 saturated heterocycles. The zero-order valence-corrected chi connectivity index (χ0v) is 11.5. The van der Waals surface area contributed by atoms with Crippen LogP contribution in [0.2, 0.25) is 0 Å². The number of halogens is 1. The van der Waals surface area contributed by atoms with Gasteiger partial charge in [0.1, 0.15) is 0 Å². The average molecular weight is 288 g/mol. The van der Waals surface area contributed by atoms with Gasteiger partial charge in [0.05, 0.1) is 0 Å². The summed E-state index contributed by atoms with van der Waals surface area (Å²) in [5, 5.41) is 5.84. The first-order valence-corrected chi connectivity index (χ1v) is 7.39. The fourth-order valence-corrected chi connectivity index (χ4v) is 3.70. The number of hydrogen-bond acceptors (Lipinski definition) is 2. The second kappa shape index (κ2) is 5.46. The molecular formula is C12H18BrNS. The summed E-state index contributed by atoms with van der Waals surface area (Å²) in [6, 6.07) is 2.95. The molecule has 3 heteroatoms. The lowest BCUT2D eigenvalue weighted by Crippen LogP contribution is -2.36. The van der Waals surface area contributed by atoms with Crippen LogP contribution in [0.15, 0.2) is 15.9 Å². The van der Waals surface area contributed by atoms with Gasteiger partial charge in [0.15, 0.2) is 0 Å². The Morgan fingerprint density at radius 1 is 1.47 bits per heavy atom. The highest BCUT2D eigenvalue weighted by atomic mass is 79.9. The van der Waals surface area contributed by atoms with Gasteiger partial charge in [-0.2, -0.15) is 0 Å². The fraction of sp³-hybridized carbons (Fsp3) is 0.667. The van der Waals surface area contributed by atoms with Gasteiger partial charge in [-0.25, -0.2) is 0 Å². The molecule has 0 radical (unpaired) electrons. The summed E-state index contributed by atoms with van der Waals surface area (Å²) < 4.78 is 1.21. The molecular weight excluding hydrogens is 270 g/mol. The minimum absolute atomic E-state index is 0.736. The average Bonchev–Trinajstić information content (AvgIpc) is 2.63. The van der Waals surface area contributed by atoms with Crippen LogP contribution >= 0.6 is 27.3 Å². The summed E-state index contributed by atoms with van der Waals surface area (Å²) in [5.41, 5.74) is 0. The van der Waals surface area contributed by atoms with Crippen LogP contribution in [0.25, 0.3) is 0 Å². The van der Waals surface area contributed by atoms with E-state index in [4.69, 9.17) is 0 Å². The Hall–Kier alpha value is 0.140. The van der Waals surface area contributed by atoms with Gasteiger partial charge in [0.2, 0.25) is 0 Å². The molecule has 0 spiro atoms. The first-order valence-electron chi connectivity index (χ1n) is 5.72. The molecule has 1 fully saturated rings. The van der Waals surface area contributed by atoms with Crippen LogP contribution < -0.4 is 5.32 Å². The van der Waals surface area contributed by atoms with Crippen molar-refractivity contribution in [2.24, 2.45) is 5.92 Å². The van der Waals surface area contributed by atoms with Crippen LogP contribution in [-0.2, 0) is 6.54 Å². The molecule has 0 unspecified atom stereocenters. The molecule has 1 aromatic rings. The standard InChI is InChI=1S/C12H18BrNS/c1-9-4-2-3-5-12(9)14-7-11-6-10(13)8-15-11/h6,8-9,12,14H,2-5,7H2,1H3/t9-,12-/m1/s1. The number of nitrogens with one attached hydrogen (secondary N) is 1. The highest BCUT2D eigenvalue weighted by molar-refractivity contribution is 9.10. The third-order valence-corrected chi connectivity index (χ3v) is 4.97. The second-order valence-electron chi connectivity index (χ2n) is 4.48. The van der Waals surface area contributed by atoms with Gasteiger partial charge in [0.25, 0.3) is 0 Å². The molecule has 1 N–H and O–H groups in total. The maximum atomic E-state index is 3.69. The Morgan fingerprint density at radius 2 is 2.27 bits per heavy atom. The molecule has 1 aromatic heterocycles. The Balaban J connectivity index is 1.81. The van der Waals surface area contributed by atoms with Crippen molar-refractivity contribution in [1.82, 2.24) is 5.32 Å². The minimum Gasteiger partial charge on any atom is -0.309 e. The molecule has 2 rings (SSSR count). The highest BCUT2D eigenvalue weighted by Gasteiger charge is 2.20. The third kappa shape index (κ3) is 3.30. The number of hydrogen-bond donors (Lipinski definition) is 1. The van der Waals surface area contributed by atoms with Crippen LogP contribution in [0.1, 0.15) is 37.5 Å². The molecule has 0 amide bonds. The van der Waals surface area contributed by atoms with E-state index < -0.39 is 0 Å². The molecule has 2 atom stereocenters. The Bertz CT molecular complexity index is 310. The summed E-state index contributed by atoms with van der Waals surface area (Å²) in [4.78, 5) is 1.43. The zero-order chi connectivity index (χ0) is 10.7. The number of rotatable bonds is 3. The largest absolute Gasteiger partial charge is 0.309 e. The van der Waals surface area contributed by atoms with E-state index in [0.29, 0.717) is 0 Å². The Kier molecular flexibility index (Phi) is 4.23. The predicted molar refractivity (Wildman–Crippen MR) is 70.3 cm³/mol. The third-order valence-electron chi connectivity index (χ3n) is 3.27. The van der Waals surface area contributed by atoms with Gasteiger partial charge in [0, 0.05) is 27.3 Å². The molecule has 1 aliphatic rings. The van der Waals surface area contributed by atoms with E-state index in [0.717, 1.165) is 18.5 Å². The summed E-state index contributed by atoms with van der Waals surface area (Å²) in [6.45, 7) is 3.41. The van der Waals surface area contributed by atoms with E-state index in [9.17, 15) is 0 Å². The fourth-order valence-electron chi connectivity index (χ4n) is 2.30. The van der Waals surface area contributed by atoms with Crippen LogP contribution in [0, 0.1) is 5.92 Å². The van der Waals surface area contributed by atoms with Crippen LogP contribution in [0.3, 0.4) is 0 Å². The topological polar surface area (TPSA) is 12.0 Å². The van der Waals surface area contributed by atoms with Crippen molar-refractivity contribution >= 4 is 27.3 Å². The summed E-state index contributed by atoms with van der Waals surface area (Å²) >= 11 is 5.32. The van der Waals surface area contributed by atoms with Crippen molar-refractivity contribution < 1.29 is 0 Å². The van der Waals surface area contributed by atoms with E-state index in [1.165, 1.54) is 35.0 Å². The molecule has 0 aromatic carbocycles. The normalized spacial score (nSPS) is 26.8. The lowest BCUT2D eigenvalue weighted by atomic mass is 9.86. The maximum Gasteiger partial charge on any atom is 0.0302 e. The second-order valence-corrected chi connectivity index (χ2v) is 6.39. The van der Waals surface area contributed by atoms with Gasteiger partial charge in [-0.05, 0) is 40.8 Å². The summed E-state index contributed by atoms with van der Waals surface area (Å²) in [5.74, 6) is 0.849. The van der Waals surface area contributed by atoms with E-state index in [1.54, 1.807) is 0 Å². The van der Waals surface area contributed by atoms with Crippen molar-refractivity contribution in [1.29, 1.82) is 0 Å². The van der Waals surface area contributed by atoms with Crippen LogP contribution in [0.4, 0.5) is 0 Å². The SMILES string of the molecule is C[C@@H]1CCCC[C@H]1NCc1cc(Br)cs1. The molecule has 84 valence electrons. The van der Waals surface area contributed by atoms with Crippen molar-refractivity contribution in [2.45, 2.75) is 45.2 Å². The van der Waals surface area contributed by atoms with Crippen LogP contribution in [-0.4, -0.2) is 6.04 Å². The van der Waals surface area contributed by atoms with Gasteiger partial charge in [-0.1, -0.05) is 19.8 Å². The lowest BCUT2D eigenvalue weighted by molar-refractivity contribution is 0.280. The number of thiophene rings is 1. The lowest BCUT2D eigenvalue weighted by Gasteiger charge is -2.29. The van der Waals surface area contributed by atoms with Crippen molar-refractivity contribution in [3.63, 3.8) is 0 Å². The van der Waals surface area contributed by atoms with E-state index in [-0.39, 0.29) is 0 Å². The summed E-state index contributed by atoms with van der Waals surface area (Å²) in [6.07, 6.45) is 5.57. The van der Waals surface area contributed by atoms with Crippen molar-refractivity contribution in [2.75, 3.05) is 0 Å².